The predicted octanol–water partition coefficient (Wildman–Crippen LogP) is 1.96. The number of aliphatic hydroxyl groups excluding tert-OH is 1. The SMILES string of the molecule is CCn1nccc1-c1ccc2c(c1)CCCC2(CO)NC(=O)C1CCCN1. The van der Waals surface area contributed by atoms with E-state index in [1.165, 1.54) is 5.56 Å². The highest BCUT2D eigenvalue weighted by molar-refractivity contribution is 5.83. The van der Waals surface area contributed by atoms with Crippen LogP contribution in [0.25, 0.3) is 11.3 Å². The molecular formula is C21H28N4O2. The van der Waals surface area contributed by atoms with E-state index in [-0.39, 0.29) is 18.6 Å². The van der Waals surface area contributed by atoms with Gasteiger partial charge in [-0.05, 0) is 68.8 Å². The molecule has 1 amide bonds. The average molecular weight is 368 g/mol. The molecule has 0 bridgehead atoms. The minimum absolute atomic E-state index is 0.00235. The van der Waals surface area contributed by atoms with Crippen LogP contribution in [0.5, 0.6) is 0 Å². The van der Waals surface area contributed by atoms with Gasteiger partial charge in [0.1, 0.15) is 0 Å². The smallest absolute Gasteiger partial charge is 0.237 e. The number of hydrogen-bond donors (Lipinski definition) is 3. The number of nitrogens with one attached hydrogen (secondary N) is 2. The highest BCUT2D eigenvalue weighted by atomic mass is 16.3. The van der Waals surface area contributed by atoms with E-state index >= 15 is 0 Å². The third-order valence-electron chi connectivity index (χ3n) is 5.99. The van der Waals surface area contributed by atoms with Gasteiger partial charge in [-0.3, -0.25) is 9.48 Å². The van der Waals surface area contributed by atoms with Gasteiger partial charge in [0.15, 0.2) is 0 Å². The number of aliphatic hydroxyl groups is 1. The summed E-state index contributed by atoms with van der Waals surface area (Å²) in [6.45, 7) is 3.71. The molecule has 2 heterocycles. The van der Waals surface area contributed by atoms with E-state index in [9.17, 15) is 9.90 Å². The number of aromatic nitrogens is 2. The van der Waals surface area contributed by atoms with Crippen molar-refractivity contribution in [3.8, 4) is 11.3 Å². The van der Waals surface area contributed by atoms with Crippen molar-refractivity contribution < 1.29 is 9.90 Å². The zero-order chi connectivity index (χ0) is 18.9. The molecule has 1 aromatic heterocycles. The van der Waals surface area contributed by atoms with Crippen LogP contribution in [0.3, 0.4) is 0 Å². The molecule has 2 unspecified atom stereocenters. The molecule has 6 nitrogen and oxygen atoms in total. The molecule has 2 aliphatic rings. The van der Waals surface area contributed by atoms with E-state index in [4.69, 9.17) is 0 Å². The Balaban J connectivity index is 1.66. The summed E-state index contributed by atoms with van der Waals surface area (Å²) in [6, 6.07) is 8.24. The number of amides is 1. The normalized spacial score (nSPS) is 24.6. The number of hydrogen-bond acceptors (Lipinski definition) is 4. The van der Waals surface area contributed by atoms with E-state index in [1.807, 2.05) is 16.9 Å². The summed E-state index contributed by atoms with van der Waals surface area (Å²) in [5.74, 6) is 0.00235. The molecule has 4 rings (SSSR count). The molecule has 27 heavy (non-hydrogen) atoms. The van der Waals surface area contributed by atoms with Gasteiger partial charge in [0.25, 0.3) is 0 Å². The van der Waals surface area contributed by atoms with Crippen LogP contribution in [0.1, 0.15) is 43.7 Å². The van der Waals surface area contributed by atoms with Crippen LogP contribution in [0.4, 0.5) is 0 Å². The second-order valence-corrected chi connectivity index (χ2v) is 7.64. The Morgan fingerprint density at radius 2 is 2.30 bits per heavy atom. The van der Waals surface area contributed by atoms with Crippen LogP contribution >= 0.6 is 0 Å². The lowest BCUT2D eigenvalue weighted by Gasteiger charge is -2.39. The summed E-state index contributed by atoms with van der Waals surface area (Å²) < 4.78 is 1.98. The van der Waals surface area contributed by atoms with Crippen LogP contribution in [0.2, 0.25) is 0 Å². The fourth-order valence-corrected chi connectivity index (χ4v) is 4.54. The van der Waals surface area contributed by atoms with Crippen molar-refractivity contribution in [2.24, 2.45) is 0 Å². The number of carbonyl (C=O) groups excluding carboxylic acids is 1. The van der Waals surface area contributed by atoms with Crippen molar-refractivity contribution in [2.45, 2.75) is 57.2 Å². The lowest BCUT2D eigenvalue weighted by atomic mass is 9.76. The lowest BCUT2D eigenvalue weighted by molar-refractivity contribution is -0.125. The first-order valence-electron chi connectivity index (χ1n) is 9.99. The van der Waals surface area contributed by atoms with E-state index in [0.29, 0.717) is 0 Å². The Bertz CT molecular complexity index is 825. The van der Waals surface area contributed by atoms with Gasteiger partial charge in [0.05, 0.1) is 23.9 Å². The Kier molecular flexibility index (Phi) is 5.02. The molecule has 0 saturated carbocycles. The molecule has 2 aromatic rings. The Labute approximate surface area is 160 Å². The maximum Gasteiger partial charge on any atom is 0.237 e. The van der Waals surface area contributed by atoms with Crippen molar-refractivity contribution in [3.63, 3.8) is 0 Å². The Morgan fingerprint density at radius 1 is 1.41 bits per heavy atom. The highest BCUT2D eigenvalue weighted by Gasteiger charge is 2.39. The van der Waals surface area contributed by atoms with Gasteiger partial charge in [-0.2, -0.15) is 5.10 Å². The van der Waals surface area contributed by atoms with Crippen molar-refractivity contribution in [1.82, 2.24) is 20.4 Å². The topological polar surface area (TPSA) is 79.2 Å². The maximum atomic E-state index is 12.7. The van der Waals surface area contributed by atoms with Crippen LogP contribution in [0.15, 0.2) is 30.5 Å². The molecule has 1 saturated heterocycles. The molecule has 0 radical (unpaired) electrons. The summed E-state index contributed by atoms with van der Waals surface area (Å²) in [7, 11) is 0. The van der Waals surface area contributed by atoms with Crippen LogP contribution in [-0.2, 0) is 23.3 Å². The summed E-state index contributed by atoms with van der Waals surface area (Å²) in [5, 5.41) is 21.1. The van der Waals surface area contributed by atoms with Crippen molar-refractivity contribution in [1.29, 1.82) is 0 Å². The molecule has 3 N–H and O–H groups in total. The second kappa shape index (κ2) is 7.44. The number of aryl methyl sites for hydroxylation is 2. The highest BCUT2D eigenvalue weighted by Crippen LogP contribution is 2.37. The van der Waals surface area contributed by atoms with Gasteiger partial charge in [-0.1, -0.05) is 12.1 Å². The van der Waals surface area contributed by atoms with Crippen molar-refractivity contribution in [3.05, 3.63) is 41.6 Å². The zero-order valence-corrected chi connectivity index (χ0v) is 15.9. The number of benzene rings is 1. The Hall–Kier alpha value is -2.18. The monoisotopic (exact) mass is 368 g/mol. The second-order valence-electron chi connectivity index (χ2n) is 7.64. The fourth-order valence-electron chi connectivity index (χ4n) is 4.54. The fraction of sp³-hybridized carbons (Fsp3) is 0.524. The standard InChI is InChI=1S/C21H28N4O2/c1-2-25-19(9-12-23-25)16-7-8-17-15(13-16)5-3-10-21(17,14-26)24-20(27)18-6-4-11-22-18/h7-9,12-13,18,22,26H,2-6,10-11,14H2,1H3,(H,24,27). The minimum atomic E-state index is -0.682. The molecule has 1 aliphatic heterocycles. The van der Waals surface area contributed by atoms with E-state index in [2.05, 4.69) is 40.9 Å². The first-order valence-corrected chi connectivity index (χ1v) is 9.99. The minimum Gasteiger partial charge on any atom is -0.394 e. The first kappa shape index (κ1) is 18.2. The third-order valence-corrected chi connectivity index (χ3v) is 5.99. The zero-order valence-electron chi connectivity index (χ0n) is 15.9. The van der Waals surface area contributed by atoms with Crippen molar-refractivity contribution in [2.75, 3.05) is 13.2 Å². The number of nitrogens with zero attached hydrogens (tertiary/aromatic N) is 2. The number of carbonyl (C=O) groups is 1. The first-order chi connectivity index (χ1) is 13.2. The number of fused-ring (bicyclic) bond motifs is 1. The van der Waals surface area contributed by atoms with Gasteiger partial charge in [-0.15, -0.1) is 0 Å². The number of rotatable bonds is 5. The lowest BCUT2D eigenvalue weighted by Crippen LogP contribution is -2.55. The summed E-state index contributed by atoms with van der Waals surface area (Å²) >= 11 is 0. The summed E-state index contributed by atoms with van der Waals surface area (Å²) in [6.07, 6.45) is 6.38. The molecule has 6 heteroatoms. The van der Waals surface area contributed by atoms with Crippen LogP contribution in [0, 0.1) is 0 Å². The molecule has 1 fully saturated rings. The van der Waals surface area contributed by atoms with Crippen molar-refractivity contribution >= 4 is 5.91 Å². The predicted molar refractivity (Wildman–Crippen MR) is 104 cm³/mol. The van der Waals surface area contributed by atoms with Gasteiger partial charge in [0, 0.05) is 18.3 Å². The largest absolute Gasteiger partial charge is 0.394 e. The van der Waals surface area contributed by atoms with E-state index < -0.39 is 5.54 Å². The maximum absolute atomic E-state index is 12.7. The van der Waals surface area contributed by atoms with Crippen LogP contribution < -0.4 is 10.6 Å². The molecular weight excluding hydrogens is 340 g/mol. The third kappa shape index (κ3) is 3.28. The van der Waals surface area contributed by atoms with E-state index in [1.54, 1.807) is 0 Å². The average Bonchev–Trinajstić information content (AvgIpc) is 3.39. The van der Waals surface area contributed by atoms with Gasteiger partial charge in [0.2, 0.25) is 5.91 Å². The molecule has 2 atom stereocenters. The quantitative estimate of drug-likeness (QED) is 0.754. The van der Waals surface area contributed by atoms with Crippen LogP contribution in [-0.4, -0.2) is 40.0 Å². The Morgan fingerprint density at radius 3 is 3.04 bits per heavy atom. The van der Waals surface area contributed by atoms with Gasteiger partial charge in [-0.25, -0.2) is 0 Å². The van der Waals surface area contributed by atoms with Gasteiger partial charge >= 0.3 is 0 Å². The molecule has 1 aliphatic carbocycles. The molecule has 1 aromatic carbocycles. The van der Waals surface area contributed by atoms with Gasteiger partial charge < -0.3 is 15.7 Å². The van der Waals surface area contributed by atoms with E-state index in [0.717, 1.165) is 62.0 Å². The molecule has 0 spiro atoms. The summed E-state index contributed by atoms with van der Waals surface area (Å²) in [5.41, 5.74) is 3.80. The summed E-state index contributed by atoms with van der Waals surface area (Å²) in [4.78, 5) is 12.7. The molecule has 144 valence electrons.